The van der Waals surface area contributed by atoms with Gasteiger partial charge < -0.3 is 19.5 Å². The van der Waals surface area contributed by atoms with Gasteiger partial charge in [-0.05, 0) is 68.5 Å². The van der Waals surface area contributed by atoms with Crippen LogP contribution in [0.15, 0.2) is 41.5 Å². The highest BCUT2D eigenvalue weighted by molar-refractivity contribution is 6.20. The SMILES string of the molecule is COc1ccc(C2=NN(C3CCN(C(=O)c4cc(O)ccc4C)CC3)C(=O)C23CCCC3)cc1OC. The zero-order chi connectivity index (χ0) is 25.4. The van der Waals surface area contributed by atoms with Gasteiger partial charge in [0.05, 0.1) is 31.4 Å². The Balaban J connectivity index is 1.38. The van der Waals surface area contributed by atoms with Gasteiger partial charge in [0.1, 0.15) is 5.75 Å². The third-order valence-electron chi connectivity index (χ3n) is 7.94. The van der Waals surface area contributed by atoms with Crippen LogP contribution in [0.3, 0.4) is 0 Å². The van der Waals surface area contributed by atoms with Gasteiger partial charge in [-0.2, -0.15) is 5.10 Å². The van der Waals surface area contributed by atoms with E-state index in [9.17, 15) is 14.7 Å². The van der Waals surface area contributed by atoms with Crippen molar-refractivity contribution >= 4 is 17.5 Å². The fourth-order valence-electron chi connectivity index (χ4n) is 5.89. The van der Waals surface area contributed by atoms with Gasteiger partial charge in [0, 0.05) is 24.2 Å². The number of amides is 2. The van der Waals surface area contributed by atoms with E-state index in [2.05, 4.69) is 0 Å². The molecular formula is C28H33N3O5. The number of hydrogen-bond donors (Lipinski definition) is 1. The first-order valence-corrected chi connectivity index (χ1v) is 12.6. The topological polar surface area (TPSA) is 91.7 Å². The minimum atomic E-state index is -0.592. The highest BCUT2D eigenvalue weighted by atomic mass is 16.5. The van der Waals surface area contributed by atoms with E-state index in [4.69, 9.17) is 14.6 Å². The number of ether oxygens (including phenoxy) is 2. The lowest BCUT2D eigenvalue weighted by molar-refractivity contribution is -0.139. The molecule has 1 saturated heterocycles. The van der Waals surface area contributed by atoms with Crippen molar-refractivity contribution in [3.63, 3.8) is 0 Å². The Bertz CT molecular complexity index is 1210. The Labute approximate surface area is 211 Å². The molecule has 8 heteroatoms. The second kappa shape index (κ2) is 9.48. The third-order valence-corrected chi connectivity index (χ3v) is 7.94. The molecule has 3 aliphatic rings. The van der Waals surface area contributed by atoms with Crippen molar-refractivity contribution in [3.05, 3.63) is 53.1 Å². The molecule has 1 spiro atoms. The quantitative estimate of drug-likeness (QED) is 0.679. The molecule has 8 nitrogen and oxygen atoms in total. The first-order chi connectivity index (χ1) is 17.4. The molecule has 0 atom stereocenters. The van der Waals surface area contributed by atoms with Crippen molar-refractivity contribution in [2.75, 3.05) is 27.3 Å². The van der Waals surface area contributed by atoms with Crippen LogP contribution in [0.2, 0.25) is 0 Å². The van der Waals surface area contributed by atoms with E-state index in [1.165, 1.54) is 6.07 Å². The molecule has 2 aromatic rings. The molecule has 2 heterocycles. The number of carbonyl (C=O) groups is 2. The van der Waals surface area contributed by atoms with Crippen LogP contribution in [0.1, 0.15) is 60.0 Å². The molecule has 36 heavy (non-hydrogen) atoms. The Morgan fingerprint density at radius 2 is 1.72 bits per heavy atom. The number of methoxy groups -OCH3 is 2. The van der Waals surface area contributed by atoms with Gasteiger partial charge in [0.25, 0.3) is 11.8 Å². The highest BCUT2D eigenvalue weighted by Crippen LogP contribution is 2.48. The van der Waals surface area contributed by atoms with Crippen LogP contribution in [0.4, 0.5) is 0 Å². The summed E-state index contributed by atoms with van der Waals surface area (Å²) in [6, 6.07) is 10.5. The van der Waals surface area contributed by atoms with Crippen LogP contribution in [0.25, 0.3) is 0 Å². The van der Waals surface area contributed by atoms with Gasteiger partial charge in [-0.1, -0.05) is 18.9 Å². The average molecular weight is 492 g/mol. The van der Waals surface area contributed by atoms with Crippen LogP contribution in [0.5, 0.6) is 17.2 Å². The number of phenols is 1. The van der Waals surface area contributed by atoms with Crippen molar-refractivity contribution in [2.45, 2.75) is 51.5 Å². The number of nitrogens with zero attached hydrogens (tertiary/aromatic N) is 3. The molecule has 1 aliphatic carbocycles. The van der Waals surface area contributed by atoms with Crippen molar-refractivity contribution in [1.29, 1.82) is 0 Å². The zero-order valence-corrected chi connectivity index (χ0v) is 21.1. The van der Waals surface area contributed by atoms with Crippen molar-refractivity contribution in [1.82, 2.24) is 9.91 Å². The molecule has 0 bridgehead atoms. The van der Waals surface area contributed by atoms with Gasteiger partial charge >= 0.3 is 0 Å². The lowest BCUT2D eigenvalue weighted by Gasteiger charge is -2.36. The number of hydrazone groups is 1. The molecule has 2 aromatic carbocycles. The molecule has 0 aromatic heterocycles. The first kappa shape index (κ1) is 24.2. The minimum absolute atomic E-state index is 0.0538. The first-order valence-electron chi connectivity index (χ1n) is 12.6. The number of aryl methyl sites for hydroxylation is 1. The Kier molecular flexibility index (Phi) is 6.36. The monoisotopic (exact) mass is 491 g/mol. The maximum atomic E-state index is 13.9. The van der Waals surface area contributed by atoms with Gasteiger partial charge in [-0.25, -0.2) is 5.01 Å². The number of hydrogen-bond acceptors (Lipinski definition) is 6. The lowest BCUT2D eigenvalue weighted by atomic mass is 9.77. The second-order valence-corrected chi connectivity index (χ2v) is 9.98. The van der Waals surface area contributed by atoms with Gasteiger partial charge in [0.15, 0.2) is 11.5 Å². The third kappa shape index (κ3) is 3.98. The molecule has 2 amide bonds. The summed E-state index contributed by atoms with van der Waals surface area (Å²) in [4.78, 5) is 28.8. The predicted molar refractivity (Wildman–Crippen MR) is 136 cm³/mol. The van der Waals surface area contributed by atoms with E-state index in [0.29, 0.717) is 43.0 Å². The van der Waals surface area contributed by atoms with Crippen LogP contribution >= 0.6 is 0 Å². The number of rotatable bonds is 5. The van der Waals surface area contributed by atoms with Crippen LogP contribution in [-0.4, -0.2) is 65.9 Å². The molecule has 1 N–H and O–H groups in total. The molecule has 0 unspecified atom stereocenters. The standard InChI is InChI=1S/C28H33N3O5/c1-18-6-8-21(32)17-22(18)26(33)30-14-10-20(11-15-30)31-27(34)28(12-4-5-13-28)25(29-31)19-7-9-23(35-2)24(16-19)36-3/h6-9,16-17,20,32H,4-5,10-15H2,1-3H3. The summed E-state index contributed by atoms with van der Waals surface area (Å²) in [5.41, 5.74) is 2.47. The van der Waals surface area contributed by atoms with Crippen LogP contribution in [-0.2, 0) is 4.79 Å². The number of piperidine rings is 1. The Morgan fingerprint density at radius 3 is 2.39 bits per heavy atom. The van der Waals surface area contributed by atoms with Crippen LogP contribution < -0.4 is 9.47 Å². The zero-order valence-electron chi connectivity index (χ0n) is 21.1. The summed E-state index contributed by atoms with van der Waals surface area (Å²) < 4.78 is 10.9. The molecule has 1 saturated carbocycles. The molecule has 0 radical (unpaired) electrons. The number of carbonyl (C=O) groups excluding carboxylic acids is 2. The predicted octanol–water partition coefficient (Wildman–Crippen LogP) is 4.13. The largest absolute Gasteiger partial charge is 0.508 e. The van der Waals surface area contributed by atoms with Crippen LogP contribution in [0, 0.1) is 12.3 Å². The number of aromatic hydroxyl groups is 1. The molecule has 2 fully saturated rings. The molecular weight excluding hydrogens is 458 g/mol. The van der Waals surface area contributed by atoms with E-state index in [1.54, 1.807) is 31.4 Å². The normalized spacial score (nSPS) is 19.6. The van der Waals surface area contributed by atoms with E-state index in [-0.39, 0.29) is 23.6 Å². The van der Waals surface area contributed by atoms with E-state index >= 15 is 0 Å². The minimum Gasteiger partial charge on any atom is -0.508 e. The molecule has 190 valence electrons. The fourth-order valence-corrected chi connectivity index (χ4v) is 5.89. The summed E-state index contributed by atoms with van der Waals surface area (Å²) in [5, 5.41) is 16.5. The number of phenolic OH excluding ortho intramolecular Hbond substituents is 1. The average Bonchev–Trinajstić information content (AvgIpc) is 3.51. The highest BCUT2D eigenvalue weighted by Gasteiger charge is 2.54. The van der Waals surface area contributed by atoms with Crippen molar-refractivity contribution in [3.8, 4) is 17.2 Å². The molecule has 5 rings (SSSR count). The number of likely N-dealkylation sites (tertiary alicyclic amines) is 1. The van der Waals surface area contributed by atoms with Gasteiger partial charge in [0.2, 0.25) is 0 Å². The van der Waals surface area contributed by atoms with Gasteiger partial charge in [-0.15, -0.1) is 0 Å². The van der Waals surface area contributed by atoms with Gasteiger partial charge in [-0.3, -0.25) is 9.59 Å². The summed E-state index contributed by atoms with van der Waals surface area (Å²) >= 11 is 0. The summed E-state index contributed by atoms with van der Waals surface area (Å²) in [7, 11) is 3.21. The van der Waals surface area contributed by atoms with Crippen molar-refractivity contribution in [2.24, 2.45) is 10.5 Å². The second-order valence-electron chi connectivity index (χ2n) is 9.98. The van der Waals surface area contributed by atoms with E-state index < -0.39 is 5.41 Å². The Morgan fingerprint density at radius 1 is 1.03 bits per heavy atom. The maximum absolute atomic E-state index is 13.9. The fraction of sp³-hybridized carbons (Fsp3) is 0.464. The van der Waals surface area contributed by atoms with Crippen molar-refractivity contribution < 1.29 is 24.2 Å². The number of benzene rings is 2. The van der Waals surface area contributed by atoms with E-state index in [0.717, 1.165) is 42.5 Å². The summed E-state index contributed by atoms with van der Waals surface area (Å²) in [5.74, 6) is 1.34. The lowest BCUT2D eigenvalue weighted by Crippen LogP contribution is -2.48. The van der Waals surface area contributed by atoms with E-state index in [1.807, 2.05) is 30.0 Å². The summed E-state index contributed by atoms with van der Waals surface area (Å²) in [6.45, 7) is 2.95. The summed E-state index contributed by atoms with van der Waals surface area (Å²) in [6.07, 6.45) is 4.92. The maximum Gasteiger partial charge on any atom is 0.255 e. The smallest absolute Gasteiger partial charge is 0.255 e. The Hall–Kier alpha value is -3.55. The molecule has 2 aliphatic heterocycles.